The van der Waals surface area contributed by atoms with E-state index in [4.69, 9.17) is 11.6 Å². The molecule has 0 amide bonds. The molecule has 1 heterocycles. The number of hydrogen-bond donors (Lipinski definition) is 2. The van der Waals surface area contributed by atoms with Gasteiger partial charge in [-0.15, -0.1) is 22.9 Å². The van der Waals surface area contributed by atoms with Crippen LogP contribution in [0.5, 0.6) is 0 Å². The molecule has 2 unspecified atom stereocenters. The zero-order valence-corrected chi connectivity index (χ0v) is 12.5. The number of alkyl halides is 1. The van der Waals surface area contributed by atoms with Crippen molar-refractivity contribution in [2.75, 3.05) is 5.88 Å². The van der Waals surface area contributed by atoms with Gasteiger partial charge in [0.1, 0.15) is 6.10 Å². The number of aliphatic hydroxyl groups excluding tert-OH is 2. The summed E-state index contributed by atoms with van der Waals surface area (Å²) in [5.41, 5.74) is 1.18. The molecular formula is C14H23ClO2S. The summed E-state index contributed by atoms with van der Waals surface area (Å²) in [4.78, 5) is 0.907. The molecule has 4 heteroatoms. The summed E-state index contributed by atoms with van der Waals surface area (Å²) in [7, 11) is 0. The van der Waals surface area contributed by atoms with Crippen molar-refractivity contribution in [2.45, 2.75) is 57.7 Å². The lowest BCUT2D eigenvalue weighted by atomic mass is 10.0. The van der Waals surface area contributed by atoms with E-state index in [9.17, 15) is 10.2 Å². The molecule has 0 fully saturated rings. The van der Waals surface area contributed by atoms with Gasteiger partial charge in [-0.1, -0.05) is 26.2 Å². The number of aryl methyl sites for hydroxylation is 1. The number of thiophene rings is 1. The molecule has 2 atom stereocenters. The quantitative estimate of drug-likeness (QED) is 0.535. The molecule has 0 aliphatic rings. The Hall–Kier alpha value is -0.0900. The van der Waals surface area contributed by atoms with Gasteiger partial charge < -0.3 is 10.2 Å². The van der Waals surface area contributed by atoms with E-state index in [1.807, 2.05) is 5.38 Å². The van der Waals surface area contributed by atoms with Gasteiger partial charge in [-0.2, -0.15) is 0 Å². The summed E-state index contributed by atoms with van der Waals surface area (Å²) in [6.45, 7) is 2.20. The van der Waals surface area contributed by atoms with E-state index in [0.29, 0.717) is 12.3 Å². The Balaban J connectivity index is 2.52. The first-order valence-corrected chi connectivity index (χ1v) is 8.10. The van der Waals surface area contributed by atoms with E-state index in [1.165, 1.54) is 36.2 Å². The van der Waals surface area contributed by atoms with Gasteiger partial charge in [0, 0.05) is 10.8 Å². The Morgan fingerprint density at radius 2 is 2.06 bits per heavy atom. The molecule has 0 bridgehead atoms. The van der Waals surface area contributed by atoms with Crippen LogP contribution in [0.4, 0.5) is 0 Å². The van der Waals surface area contributed by atoms with Crippen LogP contribution in [0.1, 0.15) is 55.6 Å². The second kappa shape index (κ2) is 8.92. The van der Waals surface area contributed by atoms with Gasteiger partial charge in [-0.3, -0.25) is 0 Å². The van der Waals surface area contributed by atoms with E-state index in [2.05, 4.69) is 13.0 Å². The fourth-order valence-electron chi connectivity index (χ4n) is 2.00. The molecule has 2 nitrogen and oxygen atoms in total. The van der Waals surface area contributed by atoms with E-state index in [-0.39, 0.29) is 0 Å². The Morgan fingerprint density at radius 1 is 1.28 bits per heavy atom. The van der Waals surface area contributed by atoms with Gasteiger partial charge in [-0.05, 0) is 36.3 Å². The second-order valence-corrected chi connectivity index (χ2v) is 5.94. The zero-order chi connectivity index (χ0) is 13.4. The fraction of sp³-hybridized carbons (Fsp3) is 0.714. The highest BCUT2D eigenvalue weighted by atomic mass is 35.5. The van der Waals surface area contributed by atoms with Crippen molar-refractivity contribution in [2.24, 2.45) is 0 Å². The Bertz CT molecular complexity index is 327. The van der Waals surface area contributed by atoms with E-state index >= 15 is 0 Å². The van der Waals surface area contributed by atoms with Crippen LogP contribution in [0.3, 0.4) is 0 Å². The molecule has 1 rings (SSSR count). The Morgan fingerprint density at radius 3 is 2.72 bits per heavy atom. The Kier molecular flexibility index (Phi) is 7.91. The molecule has 18 heavy (non-hydrogen) atoms. The highest BCUT2D eigenvalue weighted by Gasteiger charge is 2.21. The molecule has 0 saturated heterocycles. The van der Waals surface area contributed by atoms with Crippen molar-refractivity contribution in [3.8, 4) is 0 Å². The maximum absolute atomic E-state index is 10.1. The standard InChI is InChI=1S/C14H23ClO2S/c1-2-3-4-5-6-11-8-10-18-14(11)13(17)12(16)7-9-15/h8,10,12-13,16-17H,2-7,9H2,1H3. The van der Waals surface area contributed by atoms with Crippen LogP contribution >= 0.6 is 22.9 Å². The lowest BCUT2D eigenvalue weighted by Crippen LogP contribution is -2.18. The molecule has 104 valence electrons. The van der Waals surface area contributed by atoms with Crippen molar-refractivity contribution in [1.82, 2.24) is 0 Å². The summed E-state index contributed by atoms with van der Waals surface area (Å²) < 4.78 is 0. The number of rotatable bonds is 9. The van der Waals surface area contributed by atoms with Gasteiger partial charge in [0.25, 0.3) is 0 Å². The van der Waals surface area contributed by atoms with E-state index in [1.54, 1.807) is 0 Å². The molecule has 0 aromatic carbocycles. The predicted molar refractivity (Wildman–Crippen MR) is 78.5 cm³/mol. The van der Waals surface area contributed by atoms with Crippen LogP contribution < -0.4 is 0 Å². The lowest BCUT2D eigenvalue weighted by molar-refractivity contribution is 0.0187. The van der Waals surface area contributed by atoms with Gasteiger partial charge in [0.05, 0.1) is 6.10 Å². The number of halogens is 1. The number of hydrogen-bond acceptors (Lipinski definition) is 3. The molecule has 1 aromatic heterocycles. The van der Waals surface area contributed by atoms with E-state index in [0.717, 1.165) is 17.7 Å². The SMILES string of the molecule is CCCCCCc1ccsc1C(O)C(O)CCCl. The topological polar surface area (TPSA) is 40.5 Å². The summed E-state index contributed by atoms with van der Waals surface area (Å²) >= 11 is 7.11. The Labute approximate surface area is 119 Å². The molecule has 2 N–H and O–H groups in total. The third-order valence-corrected chi connectivity index (χ3v) is 4.37. The minimum atomic E-state index is -0.787. The van der Waals surface area contributed by atoms with E-state index < -0.39 is 12.2 Å². The summed E-state index contributed by atoms with van der Waals surface area (Å²) in [6.07, 6.45) is 4.74. The summed E-state index contributed by atoms with van der Waals surface area (Å²) in [5, 5.41) is 21.9. The van der Waals surface area contributed by atoms with Crippen molar-refractivity contribution in [3.05, 3.63) is 21.9 Å². The molecule has 0 spiro atoms. The highest BCUT2D eigenvalue weighted by Crippen LogP contribution is 2.29. The van der Waals surface area contributed by atoms with Crippen molar-refractivity contribution in [1.29, 1.82) is 0 Å². The highest BCUT2D eigenvalue weighted by molar-refractivity contribution is 7.10. The van der Waals surface area contributed by atoms with Crippen LogP contribution in [0.25, 0.3) is 0 Å². The summed E-state index contributed by atoms with van der Waals surface area (Å²) in [5.74, 6) is 0.370. The molecule has 0 aliphatic carbocycles. The first kappa shape index (κ1) is 16.0. The maximum atomic E-state index is 10.1. The predicted octanol–water partition coefficient (Wildman–Crippen LogP) is 3.89. The first-order chi connectivity index (χ1) is 8.70. The molecule has 0 saturated carbocycles. The minimum Gasteiger partial charge on any atom is -0.390 e. The largest absolute Gasteiger partial charge is 0.390 e. The van der Waals surface area contributed by atoms with Crippen molar-refractivity contribution < 1.29 is 10.2 Å². The van der Waals surface area contributed by atoms with Crippen LogP contribution in [0.2, 0.25) is 0 Å². The smallest absolute Gasteiger partial charge is 0.114 e. The molecule has 0 aliphatic heterocycles. The second-order valence-electron chi connectivity index (χ2n) is 4.61. The molecular weight excluding hydrogens is 268 g/mol. The zero-order valence-electron chi connectivity index (χ0n) is 10.9. The third kappa shape index (κ3) is 4.88. The lowest BCUT2D eigenvalue weighted by Gasteiger charge is -2.17. The number of unbranched alkanes of at least 4 members (excludes halogenated alkanes) is 3. The van der Waals surface area contributed by atoms with Crippen LogP contribution in [-0.4, -0.2) is 22.2 Å². The monoisotopic (exact) mass is 290 g/mol. The average molecular weight is 291 g/mol. The van der Waals surface area contributed by atoms with Crippen LogP contribution in [0, 0.1) is 0 Å². The number of aliphatic hydroxyl groups is 2. The van der Waals surface area contributed by atoms with Gasteiger partial charge >= 0.3 is 0 Å². The fourth-order valence-corrected chi connectivity index (χ4v) is 3.22. The minimum absolute atomic E-state index is 0.370. The van der Waals surface area contributed by atoms with Gasteiger partial charge in [0.15, 0.2) is 0 Å². The van der Waals surface area contributed by atoms with Crippen LogP contribution in [-0.2, 0) is 6.42 Å². The van der Waals surface area contributed by atoms with Gasteiger partial charge in [0.2, 0.25) is 0 Å². The first-order valence-electron chi connectivity index (χ1n) is 6.69. The summed E-state index contributed by atoms with van der Waals surface area (Å²) in [6, 6.07) is 2.06. The molecule has 1 aromatic rings. The van der Waals surface area contributed by atoms with Crippen molar-refractivity contribution in [3.63, 3.8) is 0 Å². The normalized spacial score (nSPS) is 14.7. The van der Waals surface area contributed by atoms with Gasteiger partial charge in [-0.25, -0.2) is 0 Å². The third-order valence-electron chi connectivity index (χ3n) is 3.12. The average Bonchev–Trinajstić information content (AvgIpc) is 2.82. The van der Waals surface area contributed by atoms with Crippen molar-refractivity contribution >= 4 is 22.9 Å². The maximum Gasteiger partial charge on any atom is 0.114 e. The van der Waals surface area contributed by atoms with Crippen LogP contribution in [0.15, 0.2) is 11.4 Å². The molecule has 0 radical (unpaired) electrons.